The molecule has 0 atom stereocenters. The second kappa shape index (κ2) is 1.84. The highest BCUT2D eigenvalue weighted by atomic mass is 32.1. The van der Waals surface area contributed by atoms with Crippen LogP contribution in [0.4, 0.5) is 0 Å². The number of hydrogen-bond acceptors (Lipinski definition) is 3. The Balaban J connectivity index is 2.96. The number of aromatic nitrogens is 1. The normalized spacial score (nSPS) is 8.57. The van der Waals surface area contributed by atoms with E-state index in [-0.39, 0.29) is 0 Å². The van der Waals surface area contributed by atoms with Gasteiger partial charge in [0, 0.05) is 6.20 Å². The van der Waals surface area contributed by atoms with Crippen LogP contribution in [0.15, 0.2) is 6.20 Å². The van der Waals surface area contributed by atoms with Crippen LogP contribution >= 0.6 is 11.3 Å². The van der Waals surface area contributed by atoms with E-state index in [2.05, 4.69) is 10.4 Å². The molecule has 7 heavy (non-hydrogen) atoms. The number of thiazole rings is 1. The van der Waals surface area contributed by atoms with Gasteiger partial charge in [0.25, 0.3) is 0 Å². The molecule has 0 aromatic carbocycles. The highest BCUT2D eigenvalue weighted by molar-refractivity contribution is 7.10. The highest BCUT2D eigenvalue weighted by Crippen LogP contribution is 1.96. The van der Waals surface area contributed by atoms with Crippen LogP contribution in [0.2, 0.25) is 0 Å². The molecule has 0 saturated heterocycles. The molecule has 1 aromatic rings. The Morgan fingerprint density at radius 3 is 3.14 bits per heavy atom. The molecule has 3 heteroatoms. The molecule has 0 bridgehead atoms. The summed E-state index contributed by atoms with van der Waals surface area (Å²) in [6.07, 6.45) is 2.19. The summed E-state index contributed by atoms with van der Waals surface area (Å²) in [7, 11) is 0. The quantitative estimate of drug-likeness (QED) is 0.502. The minimum Gasteiger partial charge on any atom is -0.295 e. The van der Waals surface area contributed by atoms with Crippen LogP contribution in [0.1, 0.15) is 9.80 Å². The molecule has 35 valence electrons. The summed E-state index contributed by atoms with van der Waals surface area (Å²) in [5, 5.41) is 3.17. The first-order chi connectivity index (χ1) is 3.43. The van der Waals surface area contributed by atoms with Gasteiger partial charge < -0.3 is 0 Å². The summed E-state index contributed by atoms with van der Waals surface area (Å²) in [6, 6.07) is 0. The number of nitrogens with zero attached hydrogens (tertiary/aromatic N) is 1. The van der Waals surface area contributed by atoms with Crippen molar-refractivity contribution in [1.29, 1.82) is 0 Å². The summed E-state index contributed by atoms with van der Waals surface area (Å²) < 4.78 is 0. The summed E-state index contributed by atoms with van der Waals surface area (Å²) in [5.41, 5.74) is 0. The molecule has 1 heterocycles. The van der Waals surface area contributed by atoms with Crippen LogP contribution in [0.25, 0.3) is 0 Å². The van der Waals surface area contributed by atoms with Gasteiger partial charge in [-0.05, 0) is 0 Å². The van der Waals surface area contributed by atoms with Crippen molar-refractivity contribution in [1.82, 2.24) is 4.98 Å². The molecule has 0 N–H and O–H groups in total. The van der Waals surface area contributed by atoms with Gasteiger partial charge in [-0.1, -0.05) is 0 Å². The van der Waals surface area contributed by atoms with Crippen molar-refractivity contribution in [3.05, 3.63) is 16.6 Å². The van der Waals surface area contributed by atoms with Crippen LogP contribution in [0.5, 0.6) is 0 Å². The first kappa shape index (κ1) is 4.46. The molecular formula is C4H2NOS. The molecule has 0 fully saturated rings. The van der Waals surface area contributed by atoms with Gasteiger partial charge in [0.2, 0.25) is 0 Å². The molecule has 1 aromatic heterocycles. The van der Waals surface area contributed by atoms with Gasteiger partial charge in [0.1, 0.15) is 0 Å². The monoisotopic (exact) mass is 112 g/mol. The van der Waals surface area contributed by atoms with Crippen molar-refractivity contribution < 1.29 is 4.79 Å². The SMILES string of the molecule is O=Cc1nc[c]s1. The molecule has 0 spiro atoms. The van der Waals surface area contributed by atoms with Crippen molar-refractivity contribution in [3.63, 3.8) is 0 Å². The van der Waals surface area contributed by atoms with E-state index in [1.54, 1.807) is 0 Å². The van der Waals surface area contributed by atoms with E-state index in [0.717, 1.165) is 0 Å². The number of rotatable bonds is 1. The Kier molecular flexibility index (Phi) is 1.17. The topological polar surface area (TPSA) is 30.0 Å². The second-order valence-corrected chi connectivity index (χ2v) is 1.79. The van der Waals surface area contributed by atoms with E-state index in [9.17, 15) is 4.79 Å². The summed E-state index contributed by atoms with van der Waals surface area (Å²) in [5.74, 6) is 0. The van der Waals surface area contributed by atoms with Gasteiger partial charge in [0.05, 0.1) is 5.38 Å². The number of carbonyl (C=O) groups excluding carboxylic acids is 1. The largest absolute Gasteiger partial charge is 0.295 e. The number of aldehydes is 1. The average molecular weight is 112 g/mol. The van der Waals surface area contributed by atoms with E-state index in [1.807, 2.05) is 0 Å². The molecule has 0 aliphatic heterocycles. The third-order valence-corrected chi connectivity index (χ3v) is 1.14. The molecule has 0 saturated carbocycles. The van der Waals surface area contributed by atoms with E-state index < -0.39 is 0 Å². The fraction of sp³-hybridized carbons (Fsp3) is 0. The van der Waals surface area contributed by atoms with Crippen molar-refractivity contribution in [3.8, 4) is 0 Å². The standard InChI is InChI=1S/C4H2NOS/c6-3-4-5-1-2-7-4/h1,3H. The van der Waals surface area contributed by atoms with Crippen molar-refractivity contribution in [2.24, 2.45) is 0 Å². The third kappa shape index (κ3) is 0.838. The van der Waals surface area contributed by atoms with Crippen LogP contribution in [-0.2, 0) is 0 Å². The van der Waals surface area contributed by atoms with Crippen LogP contribution < -0.4 is 0 Å². The first-order valence-electron chi connectivity index (χ1n) is 1.70. The van der Waals surface area contributed by atoms with Gasteiger partial charge >= 0.3 is 0 Å². The fourth-order valence-electron chi connectivity index (χ4n) is 0.258. The maximum atomic E-state index is 9.80. The predicted octanol–water partition coefficient (Wildman–Crippen LogP) is 0.756. The Morgan fingerprint density at radius 1 is 2.00 bits per heavy atom. The van der Waals surface area contributed by atoms with E-state index >= 15 is 0 Å². The lowest BCUT2D eigenvalue weighted by molar-refractivity contribution is 0.112. The van der Waals surface area contributed by atoms with Gasteiger partial charge in [0.15, 0.2) is 11.3 Å². The van der Waals surface area contributed by atoms with Crippen LogP contribution in [0, 0.1) is 5.38 Å². The Hall–Kier alpha value is -0.700. The molecule has 2 nitrogen and oxygen atoms in total. The maximum Gasteiger partial charge on any atom is 0.178 e. The molecule has 0 amide bonds. The fourth-order valence-corrected chi connectivity index (χ4v) is 0.637. The molecular weight excluding hydrogens is 110 g/mol. The summed E-state index contributed by atoms with van der Waals surface area (Å²) in [6.45, 7) is 0. The van der Waals surface area contributed by atoms with Crippen molar-refractivity contribution in [2.75, 3.05) is 0 Å². The van der Waals surface area contributed by atoms with Crippen molar-refractivity contribution in [2.45, 2.75) is 0 Å². The first-order valence-corrected chi connectivity index (χ1v) is 2.52. The van der Waals surface area contributed by atoms with Crippen LogP contribution in [0.3, 0.4) is 0 Å². The summed E-state index contributed by atoms with van der Waals surface area (Å²) in [4.78, 5) is 13.4. The number of carbonyl (C=O) groups is 1. The lowest BCUT2D eigenvalue weighted by Gasteiger charge is -1.64. The highest BCUT2D eigenvalue weighted by Gasteiger charge is 1.85. The lowest BCUT2D eigenvalue weighted by Crippen LogP contribution is -1.69. The predicted molar refractivity (Wildman–Crippen MR) is 26.3 cm³/mol. The van der Waals surface area contributed by atoms with Crippen LogP contribution in [-0.4, -0.2) is 11.3 Å². The molecule has 1 radical (unpaired) electrons. The molecule has 0 aliphatic rings. The Bertz CT molecular complexity index is 147. The average Bonchev–Trinajstić information content (AvgIpc) is 2.14. The van der Waals surface area contributed by atoms with E-state index in [0.29, 0.717) is 11.3 Å². The Labute approximate surface area is 44.8 Å². The number of hydrogen-bond donors (Lipinski definition) is 0. The van der Waals surface area contributed by atoms with Gasteiger partial charge in [-0.15, -0.1) is 11.3 Å². The smallest absolute Gasteiger partial charge is 0.178 e. The van der Waals surface area contributed by atoms with E-state index in [1.165, 1.54) is 17.5 Å². The van der Waals surface area contributed by atoms with E-state index in [4.69, 9.17) is 0 Å². The minimum atomic E-state index is 0.486. The lowest BCUT2D eigenvalue weighted by atomic mass is 10.8. The molecule has 0 unspecified atom stereocenters. The van der Waals surface area contributed by atoms with Gasteiger partial charge in [-0.2, -0.15) is 0 Å². The zero-order chi connectivity index (χ0) is 5.11. The molecule has 1 rings (SSSR count). The summed E-state index contributed by atoms with van der Waals surface area (Å²) >= 11 is 1.22. The van der Waals surface area contributed by atoms with Gasteiger partial charge in [-0.3, -0.25) is 4.79 Å². The third-order valence-electron chi connectivity index (χ3n) is 0.509. The van der Waals surface area contributed by atoms with Crippen molar-refractivity contribution >= 4 is 17.6 Å². The molecule has 0 aliphatic carbocycles. The second-order valence-electron chi connectivity index (χ2n) is 0.934. The maximum absolute atomic E-state index is 9.80. The minimum absolute atomic E-state index is 0.486. The zero-order valence-corrected chi connectivity index (χ0v) is 4.23. The zero-order valence-electron chi connectivity index (χ0n) is 3.42. The Morgan fingerprint density at radius 2 is 2.86 bits per heavy atom. The van der Waals surface area contributed by atoms with Gasteiger partial charge in [-0.25, -0.2) is 4.98 Å².